The van der Waals surface area contributed by atoms with Gasteiger partial charge in [-0.1, -0.05) is 17.7 Å². The van der Waals surface area contributed by atoms with Crippen LogP contribution in [0.2, 0.25) is 5.02 Å². The van der Waals surface area contributed by atoms with Crippen LogP contribution in [0.1, 0.15) is 16.8 Å². The number of rotatable bonds is 6. The minimum absolute atomic E-state index is 0.473. The molecule has 0 unspecified atom stereocenters. The molecule has 0 spiro atoms. The summed E-state index contributed by atoms with van der Waals surface area (Å²) < 4.78 is 10.7. The molecular weight excluding hydrogens is 376 g/mol. The number of aromatic nitrogens is 2. The largest absolute Gasteiger partial charge is 0.495 e. The molecule has 3 aromatic rings. The predicted octanol–water partition coefficient (Wildman–Crippen LogP) is 5.56. The average Bonchev–Trinajstić information content (AvgIpc) is 2.61. The number of ether oxygens (including phenoxy) is 2. The SMILES string of the molecule is COc1cc(Nc2cc(C)nc(Nc3cc(C)cc(C)c3)n2)c(OC)cc1Cl. The second kappa shape index (κ2) is 8.35. The van der Waals surface area contributed by atoms with Crippen LogP contribution in [0.25, 0.3) is 0 Å². The highest BCUT2D eigenvalue weighted by atomic mass is 35.5. The molecular formula is C21H23ClN4O2. The zero-order chi connectivity index (χ0) is 20.3. The van der Waals surface area contributed by atoms with Gasteiger partial charge in [-0.2, -0.15) is 4.98 Å². The van der Waals surface area contributed by atoms with E-state index in [-0.39, 0.29) is 0 Å². The Morgan fingerprint density at radius 3 is 2.11 bits per heavy atom. The van der Waals surface area contributed by atoms with E-state index in [1.54, 1.807) is 26.4 Å². The Hall–Kier alpha value is -2.99. The number of halogens is 1. The molecule has 28 heavy (non-hydrogen) atoms. The zero-order valence-electron chi connectivity index (χ0n) is 16.6. The number of methoxy groups -OCH3 is 2. The number of hydrogen-bond acceptors (Lipinski definition) is 6. The van der Waals surface area contributed by atoms with Gasteiger partial charge in [0.25, 0.3) is 0 Å². The molecule has 0 fully saturated rings. The summed E-state index contributed by atoms with van der Waals surface area (Å²) >= 11 is 6.18. The van der Waals surface area contributed by atoms with Gasteiger partial charge in [-0.3, -0.25) is 0 Å². The van der Waals surface area contributed by atoms with Crippen LogP contribution in [0.5, 0.6) is 11.5 Å². The van der Waals surface area contributed by atoms with Crippen molar-refractivity contribution in [1.82, 2.24) is 9.97 Å². The van der Waals surface area contributed by atoms with E-state index in [4.69, 9.17) is 21.1 Å². The van der Waals surface area contributed by atoms with Gasteiger partial charge in [0.2, 0.25) is 5.95 Å². The lowest BCUT2D eigenvalue weighted by Crippen LogP contribution is -2.04. The number of anilines is 4. The molecule has 0 atom stereocenters. The predicted molar refractivity (Wildman–Crippen MR) is 114 cm³/mol. The van der Waals surface area contributed by atoms with Gasteiger partial charge in [-0.15, -0.1) is 0 Å². The van der Waals surface area contributed by atoms with Gasteiger partial charge in [0.1, 0.15) is 17.3 Å². The molecule has 2 N–H and O–H groups in total. The van der Waals surface area contributed by atoms with Crippen LogP contribution < -0.4 is 20.1 Å². The molecule has 0 amide bonds. The molecule has 6 nitrogen and oxygen atoms in total. The molecule has 1 aromatic heterocycles. The lowest BCUT2D eigenvalue weighted by molar-refractivity contribution is 0.405. The van der Waals surface area contributed by atoms with E-state index in [9.17, 15) is 0 Å². The molecule has 0 aliphatic carbocycles. The molecule has 7 heteroatoms. The van der Waals surface area contributed by atoms with Crippen LogP contribution in [-0.2, 0) is 0 Å². The summed E-state index contributed by atoms with van der Waals surface area (Å²) in [6, 6.07) is 11.6. The zero-order valence-corrected chi connectivity index (χ0v) is 17.3. The van der Waals surface area contributed by atoms with Crippen molar-refractivity contribution in [3.63, 3.8) is 0 Å². The van der Waals surface area contributed by atoms with Crippen LogP contribution in [0.15, 0.2) is 36.4 Å². The van der Waals surface area contributed by atoms with E-state index in [1.807, 2.05) is 13.0 Å². The van der Waals surface area contributed by atoms with Crippen molar-refractivity contribution in [3.05, 3.63) is 58.2 Å². The summed E-state index contributed by atoms with van der Waals surface area (Å²) in [7, 11) is 3.15. The summed E-state index contributed by atoms with van der Waals surface area (Å²) in [4.78, 5) is 9.06. The molecule has 0 saturated carbocycles. The smallest absolute Gasteiger partial charge is 0.229 e. The number of benzene rings is 2. The maximum Gasteiger partial charge on any atom is 0.229 e. The Balaban J connectivity index is 1.92. The highest BCUT2D eigenvalue weighted by Crippen LogP contribution is 2.37. The Labute approximate surface area is 169 Å². The third-order valence-corrected chi connectivity index (χ3v) is 4.36. The minimum Gasteiger partial charge on any atom is -0.495 e. The van der Waals surface area contributed by atoms with Crippen molar-refractivity contribution in [3.8, 4) is 11.5 Å². The van der Waals surface area contributed by atoms with Gasteiger partial charge in [0.05, 0.1) is 24.9 Å². The van der Waals surface area contributed by atoms with E-state index in [1.165, 1.54) is 11.1 Å². The fourth-order valence-corrected chi connectivity index (χ4v) is 3.19. The van der Waals surface area contributed by atoms with Gasteiger partial charge in [-0.05, 0) is 44.0 Å². The highest BCUT2D eigenvalue weighted by molar-refractivity contribution is 6.32. The lowest BCUT2D eigenvalue weighted by atomic mass is 10.1. The van der Waals surface area contributed by atoms with Crippen molar-refractivity contribution in [2.75, 3.05) is 24.9 Å². The van der Waals surface area contributed by atoms with Gasteiger partial charge < -0.3 is 20.1 Å². The topological polar surface area (TPSA) is 68.3 Å². The Morgan fingerprint density at radius 2 is 1.46 bits per heavy atom. The Morgan fingerprint density at radius 1 is 0.786 bits per heavy atom. The lowest BCUT2D eigenvalue weighted by Gasteiger charge is -2.15. The molecule has 0 aliphatic rings. The number of aryl methyl sites for hydroxylation is 3. The monoisotopic (exact) mass is 398 g/mol. The first kappa shape index (κ1) is 19.8. The summed E-state index contributed by atoms with van der Waals surface area (Å²) in [5.74, 6) is 2.27. The summed E-state index contributed by atoms with van der Waals surface area (Å²) in [6.07, 6.45) is 0. The maximum absolute atomic E-state index is 6.18. The summed E-state index contributed by atoms with van der Waals surface area (Å²) in [5.41, 5.74) is 4.81. The van der Waals surface area contributed by atoms with Gasteiger partial charge >= 0.3 is 0 Å². The second-order valence-corrected chi connectivity index (χ2v) is 6.94. The quantitative estimate of drug-likeness (QED) is 0.566. The van der Waals surface area contributed by atoms with E-state index in [0.29, 0.717) is 34.0 Å². The molecule has 2 aromatic carbocycles. The standard InChI is InChI=1S/C21H23ClN4O2/c1-12-6-13(2)8-15(7-12)24-21-23-14(3)9-20(26-21)25-17-11-18(27-4)16(22)10-19(17)28-5/h6-11H,1-5H3,(H2,23,24,25,26). The number of nitrogens with zero attached hydrogens (tertiary/aromatic N) is 2. The number of nitrogens with one attached hydrogen (secondary N) is 2. The molecule has 1 heterocycles. The van der Waals surface area contributed by atoms with Crippen LogP contribution in [0.3, 0.4) is 0 Å². The van der Waals surface area contributed by atoms with Crippen molar-refractivity contribution in [2.24, 2.45) is 0 Å². The van der Waals surface area contributed by atoms with E-state index >= 15 is 0 Å². The maximum atomic E-state index is 6.18. The first-order chi connectivity index (χ1) is 13.4. The van der Waals surface area contributed by atoms with E-state index in [0.717, 1.165) is 11.4 Å². The van der Waals surface area contributed by atoms with Crippen molar-refractivity contribution in [1.29, 1.82) is 0 Å². The van der Waals surface area contributed by atoms with Crippen LogP contribution in [0, 0.1) is 20.8 Å². The summed E-state index contributed by atoms with van der Waals surface area (Å²) in [6.45, 7) is 6.03. The van der Waals surface area contributed by atoms with Gasteiger partial charge in [0, 0.05) is 29.6 Å². The minimum atomic E-state index is 0.473. The fourth-order valence-electron chi connectivity index (χ4n) is 2.96. The molecule has 0 radical (unpaired) electrons. The Kier molecular flexibility index (Phi) is 5.90. The van der Waals surface area contributed by atoms with Crippen LogP contribution in [-0.4, -0.2) is 24.2 Å². The third-order valence-electron chi connectivity index (χ3n) is 4.07. The molecule has 0 aliphatic heterocycles. The third kappa shape index (κ3) is 4.64. The molecule has 146 valence electrons. The van der Waals surface area contributed by atoms with Gasteiger partial charge in [0.15, 0.2) is 0 Å². The van der Waals surface area contributed by atoms with Crippen LogP contribution >= 0.6 is 11.6 Å². The molecule has 0 saturated heterocycles. The van der Waals surface area contributed by atoms with Gasteiger partial charge in [-0.25, -0.2) is 4.98 Å². The average molecular weight is 399 g/mol. The summed E-state index contributed by atoms with van der Waals surface area (Å²) in [5, 5.41) is 7.01. The first-order valence-electron chi connectivity index (χ1n) is 8.77. The van der Waals surface area contributed by atoms with E-state index in [2.05, 4.69) is 52.6 Å². The second-order valence-electron chi connectivity index (χ2n) is 6.53. The first-order valence-corrected chi connectivity index (χ1v) is 9.15. The van der Waals surface area contributed by atoms with Crippen LogP contribution in [0.4, 0.5) is 23.1 Å². The van der Waals surface area contributed by atoms with Crippen molar-refractivity contribution in [2.45, 2.75) is 20.8 Å². The molecule has 0 bridgehead atoms. The fraction of sp³-hybridized carbons (Fsp3) is 0.238. The highest BCUT2D eigenvalue weighted by Gasteiger charge is 2.12. The van der Waals surface area contributed by atoms with Crippen molar-refractivity contribution < 1.29 is 9.47 Å². The van der Waals surface area contributed by atoms with Crippen molar-refractivity contribution >= 4 is 34.7 Å². The Bertz CT molecular complexity index is 988. The molecule has 3 rings (SSSR count). The van der Waals surface area contributed by atoms with E-state index < -0.39 is 0 Å². The normalized spacial score (nSPS) is 10.5. The number of hydrogen-bond donors (Lipinski definition) is 2.